The standard InChI is InChI=1S/C14H13F3N4/c1-9-11(8-20-21(9)2)7-19-12-3-4-13(14(15,16)17)10(5-12)6-18/h3-5,8,19H,7H2,1-2H3. The van der Waals surface area contributed by atoms with Gasteiger partial charge in [0.25, 0.3) is 0 Å². The number of rotatable bonds is 3. The molecule has 21 heavy (non-hydrogen) atoms. The second-order valence-corrected chi connectivity index (χ2v) is 4.60. The lowest BCUT2D eigenvalue weighted by atomic mass is 10.1. The minimum atomic E-state index is -4.52. The summed E-state index contributed by atoms with van der Waals surface area (Å²) in [7, 11) is 1.81. The maximum Gasteiger partial charge on any atom is 0.417 e. The van der Waals surface area contributed by atoms with Crippen molar-refractivity contribution in [3.05, 3.63) is 46.8 Å². The van der Waals surface area contributed by atoms with E-state index in [2.05, 4.69) is 10.4 Å². The first-order valence-corrected chi connectivity index (χ1v) is 6.15. The van der Waals surface area contributed by atoms with E-state index in [1.165, 1.54) is 12.1 Å². The number of nitrogens with zero attached hydrogens (tertiary/aromatic N) is 3. The highest BCUT2D eigenvalue weighted by atomic mass is 19.4. The van der Waals surface area contributed by atoms with E-state index < -0.39 is 17.3 Å². The van der Waals surface area contributed by atoms with E-state index >= 15 is 0 Å². The number of alkyl halides is 3. The Balaban J connectivity index is 2.19. The van der Waals surface area contributed by atoms with Gasteiger partial charge in [0.05, 0.1) is 23.4 Å². The zero-order chi connectivity index (χ0) is 15.6. The highest BCUT2D eigenvalue weighted by Crippen LogP contribution is 2.33. The Hall–Kier alpha value is -2.49. The summed E-state index contributed by atoms with van der Waals surface area (Å²) in [6, 6.07) is 5.01. The molecule has 0 aliphatic carbocycles. The van der Waals surface area contributed by atoms with Gasteiger partial charge in [-0.25, -0.2) is 0 Å². The van der Waals surface area contributed by atoms with Gasteiger partial charge >= 0.3 is 6.18 Å². The van der Waals surface area contributed by atoms with Crippen molar-refractivity contribution in [2.24, 2.45) is 7.05 Å². The second-order valence-electron chi connectivity index (χ2n) is 4.60. The predicted molar refractivity (Wildman–Crippen MR) is 71.4 cm³/mol. The number of nitriles is 1. The Kier molecular flexibility index (Phi) is 3.89. The van der Waals surface area contributed by atoms with Gasteiger partial charge in [0.1, 0.15) is 0 Å². The molecule has 1 aromatic carbocycles. The molecule has 7 heteroatoms. The Morgan fingerprint density at radius 3 is 2.62 bits per heavy atom. The van der Waals surface area contributed by atoms with Crippen molar-refractivity contribution in [2.45, 2.75) is 19.6 Å². The molecule has 110 valence electrons. The molecule has 0 aliphatic heterocycles. The normalized spacial score (nSPS) is 11.2. The number of benzene rings is 1. The Bertz CT molecular complexity index is 695. The van der Waals surface area contributed by atoms with Gasteiger partial charge in [-0.15, -0.1) is 0 Å². The monoisotopic (exact) mass is 294 g/mol. The molecule has 1 N–H and O–H groups in total. The first-order chi connectivity index (χ1) is 9.82. The average molecular weight is 294 g/mol. The topological polar surface area (TPSA) is 53.6 Å². The number of nitrogens with one attached hydrogen (secondary N) is 1. The number of halogens is 3. The molecule has 0 atom stereocenters. The summed E-state index contributed by atoms with van der Waals surface area (Å²) in [4.78, 5) is 0. The van der Waals surface area contributed by atoms with Gasteiger partial charge in [0.15, 0.2) is 0 Å². The largest absolute Gasteiger partial charge is 0.417 e. The van der Waals surface area contributed by atoms with Gasteiger partial charge in [0.2, 0.25) is 0 Å². The number of hydrogen-bond acceptors (Lipinski definition) is 3. The van der Waals surface area contributed by atoms with Crippen LogP contribution in [0.1, 0.15) is 22.4 Å². The third-order valence-corrected chi connectivity index (χ3v) is 3.27. The minimum absolute atomic E-state index is 0.393. The van der Waals surface area contributed by atoms with E-state index in [1.807, 2.05) is 14.0 Å². The van der Waals surface area contributed by atoms with Gasteiger partial charge in [-0.3, -0.25) is 4.68 Å². The van der Waals surface area contributed by atoms with Crippen LogP contribution in [0.3, 0.4) is 0 Å². The van der Waals surface area contributed by atoms with Crippen LogP contribution < -0.4 is 5.32 Å². The van der Waals surface area contributed by atoms with Gasteiger partial charge in [-0.05, 0) is 25.1 Å². The molecule has 0 aliphatic rings. The smallest absolute Gasteiger partial charge is 0.381 e. The minimum Gasteiger partial charge on any atom is -0.381 e. The van der Waals surface area contributed by atoms with E-state index in [1.54, 1.807) is 16.9 Å². The predicted octanol–water partition coefficient (Wildman–Crippen LogP) is 3.23. The summed E-state index contributed by atoms with van der Waals surface area (Å²) >= 11 is 0. The maximum absolute atomic E-state index is 12.7. The summed E-state index contributed by atoms with van der Waals surface area (Å²) < 4.78 is 39.8. The fourth-order valence-corrected chi connectivity index (χ4v) is 1.91. The van der Waals surface area contributed by atoms with E-state index in [-0.39, 0.29) is 0 Å². The molecule has 0 radical (unpaired) electrons. The van der Waals surface area contributed by atoms with Crippen molar-refractivity contribution in [2.75, 3.05) is 5.32 Å². The van der Waals surface area contributed by atoms with Crippen molar-refractivity contribution in [1.82, 2.24) is 9.78 Å². The van der Waals surface area contributed by atoms with E-state index in [4.69, 9.17) is 5.26 Å². The van der Waals surface area contributed by atoms with Crippen molar-refractivity contribution in [1.29, 1.82) is 5.26 Å². The molecule has 0 spiro atoms. The highest BCUT2D eigenvalue weighted by molar-refractivity contribution is 5.53. The summed E-state index contributed by atoms with van der Waals surface area (Å²) in [5, 5.41) is 15.9. The Labute approximate surface area is 119 Å². The molecule has 1 aromatic heterocycles. The molecule has 0 amide bonds. The summed E-state index contributed by atoms with van der Waals surface area (Å²) in [5.41, 5.74) is 1.05. The molecule has 0 saturated heterocycles. The van der Waals surface area contributed by atoms with Gasteiger partial charge in [0, 0.05) is 30.5 Å². The molecule has 2 rings (SSSR count). The lowest BCUT2D eigenvalue weighted by Crippen LogP contribution is -2.09. The highest BCUT2D eigenvalue weighted by Gasteiger charge is 2.33. The molecular weight excluding hydrogens is 281 g/mol. The number of hydrogen-bond donors (Lipinski definition) is 1. The first-order valence-electron chi connectivity index (χ1n) is 6.15. The molecule has 0 bridgehead atoms. The number of aryl methyl sites for hydroxylation is 1. The van der Waals surface area contributed by atoms with Crippen molar-refractivity contribution >= 4 is 5.69 Å². The van der Waals surface area contributed by atoms with Crippen molar-refractivity contribution in [3.8, 4) is 6.07 Å². The van der Waals surface area contributed by atoms with Crippen molar-refractivity contribution in [3.63, 3.8) is 0 Å². The van der Waals surface area contributed by atoms with Crippen LogP contribution in [0.2, 0.25) is 0 Å². The summed E-state index contributed by atoms with van der Waals surface area (Å²) in [5.74, 6) is 0. The molecule has 2 aromatic rings. The summed E-state index contributed by atoms with van der Waals surface area (Å²) in [6.07, 6.45) is -2.83. The van der Waals surface area contributed by atoms with Gasteiger partial charge < -0.3 is 5.32 Å². The van der Waals surface area contributed by atoms with E-state index in [0.29, 0.717) is 12.2 Å². The molecule has 4 nitrogen and oxygen atoms in total. The van der Waals surface area contributed by atoms with Crippen LogP contribution in [0.15, 0.2) is 24.4 Å². The van der Waals surface area contributed by atoms with Crippen LogP contribution in [-0.2, 0) is 19.8 Å². The van der Waals surface area contributed by atoms with E-state index in [9.17, 15) is 13.2 Å². The maximum atomic E-state index is 12.7. The van der Waals surface area contributed by atoms with Crippen LogP contribution in [0.25, 0.3) is 0 Å². The van der Waals surface area contributed by atoms with Gasteiger partial charge in [-0.2, -0.15) is 23.5 Å². The van der Waals surface area contributed by atoms with Gasteiger partial charge in [-0.1, -0.05) is 0 Å². The fraction of sp³-hybridized carbons (Fsp3) is 0.286. The van der Waals surface area contributed by atoms with Crippen LogP contribution in [0, 0.1) is 18.3 Å². The van der Waals surface area contributed by atoms with E-state index in [0.717, 1.165) is 17.3 Å². The van der Waals surface area contributed by atoms with Crippen LogP contribution in [-0.4, -0.2) is 9.78 Å². The lowest BCUT2D eigenvalue weighted by Gasteiger charge is -2.11. The third-order valence-electron chi connectivity index (χ3n) is 3.27. The van der Waals surface area contributed by atoms with Crippen LogP contribution >= 0.6 is 0 Å². The first kappa shape index (κ1) is 14.9. The molecular formula is C14H13F3N4. The third kappa shape index (κ3) is 3.16. The van der Waals surface area contributed by atoms with Crippen LogP contribution in [0.5, 0.6) is 0 Å². The summed E-state index contributed by atoms with van der Waals surface area (Å²) in [6.45, 7) is 2.33. The fourth-order valence-electron chi connectivity index (χ4n) is 1.91. The molecule has 0 saturated carbocycles. The SMILES string of the molecule is Cc1c(CNc2ccc(C(F)(F)F)c(C#N)c2)cnn1C. The lowest BCUT2D eigenvalue weighted by molar-refractivity contribution is -0.137. The van der Waals surface area contributed by atoms with Crippen LogP contribution in [0.4, 0.5) is 18.9 Å². The zero-order valence-corrected chi connectivity index (χ0v) is 11.5. The molecule has 0 unspecified atom stereocenters. The molecule has 1 heterocycles. The zero-order valence-electron chi connectivity index (χ0n) is 11.5. The van der Waals surface area contributed by atoms with Crippen molar-refractivity contribution < 1.29 is 13.2 Å². The Morgan fingerprint density at radius 1 is 1.38 bits per heavy atom. The average Bonchev–Trinajstić information content (AvgIpc) is 2.75. The number of aromatic nitrogens is 2. The number of anilines is 1. The molecule has 0 fully saturated rings. The second kappa shape index (κ2) is 5.48. The quantitative estimate of drug-likeness (QED) is 0.945. The Morgan fingerprint density at radius 2 is 2.10 bits per heavy atom.